The van der Waals surface area contributed by atoms with Gasteiger partial charge in [-0.3, -0.25) is 4.98 Å². The predicted octanol–water partition coefficient (Wildman–Crippen LogP) is 1.83. The summed E-state index contributed by atoms with van der Waals surface area (Å²) < 4.78 is 39.8. The number of quaternary nitrogens is 1. The maximum atomic E-state index is 12.9. The summed E-state index contributed by atoms with van der Waals surface area (Å²) in [5.41, 5.74) is 0.206. The highest BCUT2D eigenvalue weighted by molar-refractivity contribution is 5.66. The molecule has 9 heteroatoms. The number of hydrogen-bond acceptors (Lipinski definition) is 4. The maximum absolute atomic E-state index is 12.9. The molecular formula is C13H15F3N4O2. The molecular weight excluding hydrogens is 301 g/mol. The van der Waals surface area contributed by atoms with Crippen LogP contribution in [0.15, 0.2) is 6.07 Å². The Kier molecular flexibility index (Phi) is 3.98. The minimum atomic E-state index is -4.48. The van der Waals surface area contributed by atoms with Crippen molar-refractivity contribution in [1.29, 1.82) is 0 Å². The molecule has 6 nitrogen and oxygen atoms in total. The fourth-order valence-electron chi connectivity index (χ4n) is 2.39. The molecule has 2 aromatic heterocycles. The van der Waals surface area contributed by atoms with Gasteiger partial charge in [-0.2, -0.15) is 23.5 Å². The topological polar surface area (TPSA) is 78.4 Å². The molecule has 2 aromatic rings. The maximum Gasteiger partial charge on any atom is 0.418 e. The van der Waals surface area contributed by atoms with Crippen LogP contribution >= 0.6 is 0 Å². The smallest absolute Gasteiger partial charge is 0.418 e. The molecule has 0 bridgehead atoms. The van der Waals surface area contributed by atoms with Gasteiger partial charge in [-0.1, -0.05) is 0 Å². The van der Waals surface area contributed by atoms with Crippen LogP contribution in [-0.2, 0) is 13.2 Å². The summed E-state index contributed by atoms with van der Waals surface area (Å²) in [6.07, 6.45) is -4.48. The number of aromatic nitrogens is 3. The highest BCUT2D eigenvalue weighted by Gasteiger charge is 2.34. The quantitative estimate of drug-likeness (QED) is 0.829. The van der Waals surface area contributed by atoms with E-state index in [2.05, 4.69) is 10.1 Å². The zero-order chi connectivity index (χ0) is 16.8. The second-order valence-corrected chi connectivity index (χ2v) is 5.04. The summed E-state index contributed by atoms with van der Waals surface area (Å²) >= 11 is 0. The molecule has 1 atom stereocenters. The van der Waals surface area contributed by atoms with Gasteiger partial charge < -0.3 is 5.21 Å². The third-order valence-corrected chi connectivity index (χ3v) is 3.42. The van der Waals surface area contributed by atoms with Crippen LogP contribution in [0.2, 0.25) is 0 Å². The third kappa shape index (κ3) is 2.70. The van der Waals surface area contributed by atoms with Crippen LogP contribution in [0.25, 0.3) is 11.4 Å². The molecule has 22 heavy (non-hydrogen) atoms. The van der Waals surface area contributed by atoms with Crippen LogP contribution < -0.4 is 5.23 Å². The number of rotatable bonds is 2. The lowest BCUT2D eigenvalue weighted by Crippen LogP contribution is -3.00. The van der Waals surface area contributed by atoms with E-state index >= 15 is 0 Å². The number of aryl methyl sites for hydroxylation is 3. The van der Waals surface area contributed by atoms with E-state index in [0.29, 0.717) is 5.56 Å². The second-order valence-electron chi connectivity index (χ2n) is 5.04. The lowest BCUT2D eigenvalue weighted by atomic mass is 10.0. The summed E-state index contributed by atoms with van der Waals surface area (Å²) in [6, 6.07) is 1.01. The monoisotopic (exact) mass is 316 g/mol. The van der Waals surface area contributed by atoms with E-state index in [1.54, 1.807) is 6.92 Å². The summed E-state index contributed by atoms with van der Waals surface area (Å²) in [6.45, 7) is 4.31. The third-order valence-electron chi connectivity index (χ3n) is 3.42. The van der Waals surface area contributed by atoms with Crippen LogP contribution in [0.4, 0.5) is 19.0 Å². The average molecular weight is 316 g/mol. The molecule has 0 spiro atoms. The van der Waals surface area contributed by atoms with Crippen molar-refractivity contribution in [1.82, 2.24) is 14.8 Å². The Morgan fingerprint density at radius 1 is 1.23 bits per heavy atom. The number of nitrogens with one attached hydrogen (secondary N) is 1. The molecule has 0 aliphatic rings. The summed E-state index contributed by atoms with van der Waals surface area (Å²) in [5.74, 6) is -0.0197. The van der Waals surface area contributed by atoms with Crippen molar-refractivity contribution in [3.8, 4) is 11.4 Å². The Bertz CT molecular complexity index is 723. The van der Waals surface area contributed by atoms with E-state index in [-0.39, 0.29) is 28.5 Å². The molecule has 1 unspecified atom stereocenters. The van der Waals surface area contributed by atoms with Crippen LogP contribution in [0.3, 0.4) is 0 Å². The first-order valence-corrected chi connectivity index (χ1v) is 6.36. The largest absolute Gasteiger partial charge is 0.594 e. The molecule has 0 saturated heterocycles. The van der Waals surface area contributed by atoms with Gasteiger partial charge in [0.25, 0.3) is 5.82 Å². The number of pyridine rings is 1. The zero-order valence-corrected chi connectivity index (χ0v) is 12.4. The molecule has 0 aliphatic heterocycles. The molecule has 0 fully saturated rings. The van der Waals surface area contributed by atoms with Crippen LogP contribution in [-0.4, -0.2) is 20.0 Å². The van der Waals surface area contributed by atoms with Crippen LogP contribution in [0.1, 0.15) is 22.4 Å². The van der Waals surface area contributed by atoms with Crippen molar-refractivity contribution in [3.63, 3.8) is 0 Å². The van der Waals surface area contributed by atoms with E-state index < -0.39 is 17.0 Å². The Balaban J connectivity index is 2.65. The Morgan fingerprint density at radius 2 is 1.82 bits per heavy atom. The van der Waals surface area contributed by atoms with Crippen molar-refractivity contribution in [2.24, 2.45) is 7.05 Å². The fraction of sp³-hybridized carbons (Fsp3) is 0.385. The standard InChI is InChI=1S/C13H15F3N4O2/c1-6-5-9(13(14,15)16)8(3)17-10(6)11-7(2)12(20(21)22)19(4)18-11/h5,20-21H,1-4H3. The first kappa shape index (κ1) is 16.4. The Morgan fingerprint density at radius 3 is 2.27 bits per heavy atom. The molecule has 2 N–H and O–H groups in total. The Labute approximate surface area is 124 Å². The van der Waals surface area contributed by atoms with Crippen molar-refractivity contribution < 1.29 is 23.6 Å². The van der Waals surface area contributed by atoms with Crippen molar-refractivity contribution in [2.75, 3.05) is 0 Å². The zero-order valence-electron chi connectivity index (χ0n) is 12.4. The average Bonchev–Trinajstić information content (AvgIpc) is 2.65. The second kappa shape index (κ2) is 5.34. The van der Waals surface area contributed by atoms with Gasteiger partial charge in [0.2, 0.25) is 0 Å². The number of hydrogen-bond donors (Lipinski definition) is 2. The van der Waals surface area contributed by atoms with E-state index in [0.717, 1.165) is 6.07 Å². The van der Waals surface area contributed by atoms with E-state index in [1.165, 1.54) is 25.6 Å². The summed E-state index contributed by atoms with van der Waals surface area (Å²) in [4.78, 5) is 4.00. The molecule has 2 rings (SSSR count). The van der Waals surface area contributed by atoms with Gasteiger partial charge in [-0.05, 0) is 32.4 Å². The minimum Gasteiger partial charge on any atom is -0.594 e. The van der Waals surface area contributed by atoms with Crippen molar-refractivity contribution in [2.45, 2.75) is 26.9 Å². The first-order valence-electron chi connectivity index (χ1n) is 6.36. The highest BCUT2D eigenvalue weighted by atomic mass is 19.4. The molecule has 0 aromatic carbocycles. The van der Waals surface area contributed by atoms with E-state index in [4.69, 9.17) is 5.21 Å². The number of alkyl halides is 3. The van der Waals surface area contributed by atoms with Crippen LogP contribution in [0.5, 0.6) is 0 Å². The van der Waals surface area contributed by atoms with Gasteiger partial charge >= 0.3 is 6.18 Å². The highest BCUT2D eigenvalue weighted by Crippen LogP contribution is 2.35. The van der Waals surface area contributed by atoms with Gasteiger partial charge in [0.05, 0.1) is 22.5 Å². The molecule has 0 radical (unpaired) electrons. The predicted molar refractivity (Wildman–Crippen MR) is 71.4 cm³/mol. The minimum absolute atomic E-state index is 0.0197. The normalized spacial score (nSPS) is 13.5. The molecule has 0 saturated carbocycles. The van der Waals surface area contributed by atoms with Gasteiger partial charge in [-0.15, -0.1) is 0 Å². The fourth-order valence-corrected chi connectivity index (χ4v) is 2.39. The van der Waals surface area contributed by atoms with Crippen molar-refractivity contribution in [3.05, 3.63) is 33.7 Å². The number of nitrogens with zero attached hydrogens (tertiary/aromatic N) is 3. The van der Waals surface area contributed by atoms with Gasteiger partial charge in [0.15, 0.2) is 0 Å². The molecule has 120 valence electrons. The lowest BCUT2D eigenvalue weighted by Gasteiger charge is -2.13. The Hall–Kier alpha value is -1.97. The van der Waals surface area contributed by atoms with E-state index in [9.17, 15) is 18.4 Å². The van der Waals surface area contributed by atoms with Gasteiger partial charge in [-0.25, -0.2) is 9.89 Å². The van der Waals surface area contributed by atoms with E-state index in [1.807, 2.05) is 0 Å². The first-order chi connectivity index (χ1) is 10.0. The van der Waals surface area contributed by atoms with Crippen molar-refractivity contribution >= 4 is 5.82 Å². The molecule has 2 heterocycles. The van der Waals surface area contributed by atoms with Gasteiger partial charge in [0.1, 0.15) is 5.69 Å². The van der Waals surface area contributed by atoms with Crippen LogP contribution in [0, 0.1) is 26.0 Å². The number of halogens is 3. The molecule has 0 aliphatic carbocycles. The summed E-state index contributed by atoms with van der Waals surface area (Å²) in [7, 11) is 1.46. The summed E-state index contributed by atoms with van der Waals surface area (Å²) in [5, 5.41) is 23.3. The lowest BCUT2D eigenvalue weighted by molar-refractivity contribution is -0.994. The van der Waals surface area contributed by atoms with Gasteiger partial charge in [0, 0.05) is 7.05 Å². The SMILES string of the molecule is Cc1cc(C(F)(F)F)c(C)nc1-c1nn(C)c([NH+]([O-])O)c1C. The molecule has 0 amide bonds.